The van der Waals surface area contributed by atoms with Crippen molar-refractivity contribution in [1.82, 2.24) is 19.7 Å². The number of H-pyrrole nitrogens is 2. The fraction of sp³-hybridized carbons (Fsp3) is 0.125. The van der Waals surface area contributed by atoms with E-state index in [4.69, 9.17) is 12.2 Å². The molecule has 2 aromatic rings. The molecule has 0 aliphatic carbocycles. The van der Waals surface area contributed by atoms with Gasteiger partial charge in [0.15, 0.2) is 0 Å². The van der Waals surface area contributed by atoms with E-state index in [-0.39, 0.29) is 5.69 Å². The van der Waals surface area contributed by atoms with E-state index >= 15 is 0 Å². The van der Waals surface area contributed by atoms with Crippen LogP contribution in [0.2, 0.25) is 0 Å². The number of hydrogen-bond acceptors (Lipinski definition) is 3. The van der Waals surface area contributed by atoms with Gasteiger partial charge in [0.25, 0.3) is 0 Å². The first kappa shape index (κ1) is 8.89. The fourth-order valence-corrected chi connectivity index (χ4v) is 1.38. The van der Waals surface area contributed by atoms with Crippen LogP contribution in [0.4, 0.5) is 0 Å². The molecule has 5 nitrogen and oxygen atoms in total. The van der Waals surface area contributed by atoms with Gasteiger partial charge in [0.05, 0.1) is 11.9 Å². The van der Waals surface area contributed by atoms with Crippen molar-refractivity contribution in [2.75, 3.05) is 0 Å². The normalized spacial score (nSPS) is 10.4. The number of nitrogens with one attached hydrogen (secondary N) is 2. The third-order valence-electron chi connectivity index (χ3n) is 1.84. The number of aryl methyl sites for hydroxylation is 1. The van der Waals surface area contributed by atoms with Crippen LogP contribution >= 0.6 is 12.2 Å². The summed E-state index contributed by atoms with van der Waals surface area (Å²) in [5.74, 6) is 0. The van der Waals surface area contributed by atoms with Crippen molar-refractivity contribution in [3.05, 3.63) is 39.3 Å². The zero-order valence-electron chi connectivity index (χ0n) is 7.44. The average Bonchev–Trinajstić information content (AvgIpc) is 2.49. The number of hydrogen-bond donors (Lipinski definition) is 2. The van der Waals surface area contributed by atoms with E-state index in [1.165, 1.54) is 4.57 Å². The van der Waals surface area contributed by atoms with E-state index in [9.17, 15) is 4.79 Å². The molecular formula is C8H8N4OS. The lowest BCUT2D eigenvalue weighted by Crippen LogP contribution is -2.14. The van der Waals surface area contributed by atoms with Crippen molar-refractivity contribution in [3.8, 4) is 5.69 Å². The van der Waals surface area contributed by atoms with E-state index in [0.29, 0.717) is 10.5 Å². The summed E-state index contributed by atoms with van der Waals surface area (Å²) in [5, 5.41) is 4.96. The molecular weight excluding hydrogens is 200 g/mol. The Hall–Kier alpha value is -1.69. The maximum Gasteiger partial charge on any atom is 0.347 e. The van der Waals surface area contributed by atoms with Gasteiger partial charge >= 0.3 is 5.69 Å². The summed E-state index contributed by atoms with van der Waals surface area (Å²) in [4.78, 5) is 15.4. The topological polar surface area (TPSA) is 66.5 Å². The maximum atomic E-state index is 11.3. The molecule has 0 fully saturated rings. The zero-order chi connectivity index (χ0) is 10.1. The summed E-state index contributed by atoms with van der Waals surface area (Å²) in [7, 11) is 0. The highest BCUT2D eigenvalue weighted by molar-refractivity contribution is 7.71. The first-order valence-corrected chi connectivity index (χ1v) is 4.42. The minimum Gasteiger partial charge on any atom is -0.272 e. The van der Waals surface area contributed by atoms with E-state index < -0.39 is 0 Å². The Bertz CT molecular complexity index is 520. The van der Waals surface area contributed by atoms with Crippen molar-refractivity contribution in [3.63, 3.8) is 0 Å². The van der Waals surface area contributed by atoms with E-state index in [1.54, 1.807) is 12.3 Å². The smallest absolute Gasteiger partial charge is 0.272 e. The molecule has 14 heavy (non-hydrogen) atoms. The molecule has 0 aromatic carbocycles. The molecule has 0 spiro atoms. The highest BCUT2D eigenvalue weighted by Crippen LogP contribution is 2.03. The van der Waals surface area contributed by atoms with Gasteiger partial charge in [-0.15, -0.1) is 0 Å². The molecule has 2 aromatic heterocycles. The molecule has 0 amide bonds. The lowest BCUT2D eigenvalue weighted by molar-refractivity contribution is 0.960. The Morgan fingerprint density at radius 3 is 2.71 bits per heavy atom. The second kappa shape index (κ2) is 3.22. The molecule has 0 saturated carbocycles. The summed E-state index contributed by atoms with van der Waals surface area (Å²) in [6, 6.07) is 3.62. The molecule has 0 saturated heterocycles. The van der Waals surface area contributed by atoms with Gasteiger partial charge in [-0.1, -0.05) is 0 Å². The Labute approximate surface area is 84.4 Å². The van der Waals surface area contributed by atoms with Gasteiger partial charge in [0.2, 0.25) is 4.77 Å². The second-order valence-electron chi connectivity index (χ2n) is 2.85. The van der Waals surface area contributed by atoms with E-state index in [2.05, 4.69) is 15.2 Å². The monoisotopic (exact) mass is 208 g/mol. The predicted molar refractivity (Wildman–Crippen MR) is 54.1 cm³/mol. The SMILES string of the molecule is Cc1ccc(-n2c(=O)[nH][nH]c2=S)cn1. The molecule has 0 aliphatic heterocycles. The number of aromatic nitrogens is 4. The first-order valence-electron chi connectivity index (χ1n) is 4.01. The van der Waals surface area contributed by atoms with Gasteiger partial charge in [-0.2, -0.15) is 0 Å². The lowest BCUT2D eigenvalue weighted by Gasteiger charge is -1.98. The second-order valence-corrected chi connectivity index (χ2v) is 3.24. The van der Waals surface area contributed by atoms with Crippen LogP contribution in [0.1, 0.15) is 5.69 Å². The molecule has 2 heterocycles. The van der Waals surface area contributed by atoms with Gasteiger partial charge in [0.1, 0.15) is 0 Å². The molecule has 2 N–H and O–H groups in total. The van der Waals surface area contributed by atoms with Crippen LogP contribution in [0.3, 0.4) is 0 Å². The molecule has 6 heteroatoms. The Morgan fingerprint density at radius 1 is 1.43 bits per heavy atom. The van der Waals surface area contributed by atoms with Gasteiger partial charge in [-0.05, 0) is 31.3 Å². The number of pyridine rings is 1. The van der Waals surface area contributed by atoms with Crippen molar-refractivity contribution >= 4 is 12.2 Å². The Morgan fingerprint density at radius 2 is 2.21 bits per heavy atom. The average molecular weight is 208 g/mol. The van der Waals surface area contributed by atoms with Crippen LogP contribution in [0.15, 0.2) is 23.1 Å². The summed E-state index contributed by atoms with van der Waals surface area (Å²) >= 11 is 4.94. The highest BCUT2D eigenvalue weighted by atomic mass is 32.1. The summed E-state index contributed by atoms with van der Waals surface area (Å²) in [6.07, 6.45) is 1.61. The molecule has 0 radical (unpaired) electrons. The molecule has 2 rings (SSSR count). The molecule has 0 atom stereocenters. The van der Waals surface area contributed by atoms with Gasteiger partial charge < -0.3 is 0 Å². The zero-order valence-corrected chi connectivity index (χ0v) is 8.26. The molecule has 0 aliphatic rings. The van der Waals surface area contributed by atoms with Crippen LogP contribution in [-0.2, 0) is 0 Å². The van der Waals surface area contributed by atoms with Crippen LogP contribution in [0.5, 0.6) is 0 Å². The number of rotatable bonds is 1. The number of aromatic amines is 2. The predicted octanol–water partition coefficient (Wildman–Crippen LogP) is 0.927. The summed E-state index contributed by atoms with van der Waals surface area (Å²) < 4.78 is 1.68. The Kier molecular flexibility index (Phi) is 2.05. The standard InChI is InChI=1S/C8H8N4OS/c1-5-2-3-6(4-9-5)12-7(13)10-11-8(12)14/h2-4H,1H3,(H,10,13)(H,11,14). The van der Waals surface area contributed by atoms with Crippen molar-refractivity contribution in [1.29, 1.82) is 0 Å². The third-order valence-corrected chi connectivity index (χ3v) is 2.12. The van der Waals surface area contributed by atoms with Crippen LogP contribution in [-0.4, -0.2) is 19.7 Å². The minimum absolute atomic E-state index is 0.291. The van der Waals surface area contributed by atoms with Crippen molar-refractivity contribution in [2.45, 2.75) is 6.92 Å². The summed E-state index contributed by atoms with van der Waals surface area (Å²) in [5.41, 5.74) is 1.26. The highest BCUT2D eigenvalue weighted by Gasteiger charge is 2.02. The molecule has 0 bridgehead atoms. The van der Waals surface area contributed by atoms with Gasteiger partial charge in [-0.25, -0.2) is 14.5 Å². The maximum absolute atomic E-state index is 11.3. The first-order chi connectivity index (χ1) is 6.68. The number of nitrogens with zero attached hydrogens (tertiary/aromatic N) is 2. The van der Waals surface area contributed by atoms with Crippen molar-refractivity contribution < 1.29 is 0 Å². The minimum atomic E-state index is -0.291. The van der Waals surface area contributed by atoms with Gasteiger partial charge in [0, 0.05) is 5.69 Å². The largest absolute Gasteiger partial charge is 0.347 e. The fourth-order valence-electron chi connectivity index (χ4n) is 1.14. The van der Waals surface area contributed by atoms with E-state index in [1.807, 2.05) is 13.0 Å². The lowest BCUT2D eigenvalue weighted by atomic mass is 10.3. The van der Waals surface area contributed by atoms with Crippen LogP contribution < -0.4 is 5.69 Å². The van der Waals surface area contributed by atoms with Gasteiger partial charge in [-0.3, -0.25) is 10.1 Å². The van der Waals surface area contributed by atoms with E-state index in [0.717, 1.165) is 5.69 Å². The Balaban J connectivity index is 2.66. The van der Waals surface area contributed by atoms with Crippen molar-refractivity contribution in [2.24, 2.45) is 0 Å². The third kappa shape index (κ3) is 1.39. The van der Waals surface area contributed by atoms with Crippen LogP contribution in [0, 0.1) is 11.7 Å². The summed E-state index contributed by atoms with van der Waals surface area (Å²) in [6.45, 7) is 1.88. The van der Waals surface area contributed by atoms with Crippen LogP contribution in [0.25, 0.3) is 5.69 Å². The molecule has 0 unspecified atom stereocenters. The molecule has 72 valence electrons. The quantitative estimate of drug-likeness (QED) is 0.685.